The molecular formula is C15H26N4O. The monoisotopic (exact) mass is 278 g/mol. The first-order valence-corrected chi connectivity index (χ1v) is 7.34. The number of nitrogen functional groups attached to an aromatic ring is 1. The number of carbonyl (C=O) groups is 1. The van der Waals surface area contributed by atoms with Gasteiger partial charge < -0.3 is 10.7 Å². The number of pyridine rings is 1. The lowest BCUT2D eigenvalue weighted by molar-refractivity contribution is 0.0953. The minimum Gasteiger partial charge on any atom is -0.352 e. The van der Waals surface area contributed by atoms with Crippen molar-refractivity contribution < 1.29 is 4.79 Å². The Bertz CT molecular complexity index is 407. The molecule has 0 saturated carbocycles. The lowest BCUT2D eigenvalue weighted by Crippen LogP contribution is -2.24. The van der Waals surface area contributed by atoms with Gasteiger partial charge in [0.2, 0.25) is 0 Å². The number of hydrazine groups is 1. The molecule has 1 aromatic rings. The van der Waals surface area contributed by atoms with E-state index in [1.54, 1.807) is 18.3 Å². The second kappa shape index (κ2) is 9.31. The Hall–Kier alpha value is -1.62. The van der Waals surface area contributed by atoms with Crippen molar-refractivity contribution in [2.24, 2.45) is 11.8 Å². The van der Waals surface area contributed by atoms with Crippen LogP contribution in [0.4, 0.5) is 5.82 Å². The number of unbranched alkanes of at least 4 members (excludes halogenated alkanes) is 3. The van der Waals surface area contributed by atoms with Gasteiger partial charge in [0.15, 0.2) is 0 Å². The van der Waals surface area contributed by atoms with Gasteiger partial charge in [0.05, 0.1) is 0 Å². The summed E-state index contributed by atoms with van der Waals surface area (Å²) in [7, 11) is 0. The summed E-state index contributed by atoms with van der Waals surface area (Å²) in [5.74, 6) is 6.46. The largest absolute Gasteiger partial charge is 0.352 e. The Morgan fingerprint density at radius 1 is 1.30 bits per heavy atom. The number of hydrogen-bond donors (Lipinski definition) is 3. The molecule has 1 aromatic heterocycles. The van der Waals surface area contributed by atoms with Crippen LogP contribution in [0.15, 0.2) is 18.3 Å². The van der Waals surface area contributed by atoms with E-state index in [0.29, 0.717) is 17.9 Å². The molecule has 4 N–H and O–H groups in total. The predicted octanol–water partition coefficient (Wildman–Crippen LogP) is 2.70. The minimum atomic E-state index is -0.0777. The molecule has 1 heterocycles. The average molecular weight is 278 g/mol. The number of aromatic nitrogens is 1. The van der Waals surface area contributed by atoms with Crippen molar-refractivity contribution in [1.82, 2.24) is 10.3 Å². The molecule has 1 rings (SSSR count). The van der Waals surface area contributed by atoms with Crippen LogP contribution in [0.3, 0.4) is 0 Å². The zero-order valence-corrected chi connectivity index (χ0v) is 12.5. The lowest BCUT2D eigenvalue weighted by Gasteiger charge is -2.07. The maximum atomic E-state index is 11.9. The molecule has 5 heteroatoms. The zero-order chi connectivity index (χ0) is 14.8. The van der Waals surface area contributed by atoms with Gasteiger partial charge in [0, 0.05) is 18.3 Å². The van der Waals surface area contributed by atoms with Crippen molar-refractivity contribution in [2.45, 2.75) is 46.0 Å². The Labute approximate surface area is 121 Å². The molecule has 0 aliphatic heterocycles. The van der Waals surface area contributed by atoms with E-state index >= 15 is 0 Å². The summed E-state index contributed by atoms with van der Waals surface area (Å²) in [6.07, 6.45) is 7.57. The standard InChI is InChI=1S/C15H26N4O/c1-12(2)7-5-3-4-6-9-18-15(20)13-8-10-17-14(11-13)19-16/h8,10-12H,3-7,9,16H2,1-2H3,(H,17,19)(H,18,20). The second-order valence-corrected chi connectivity index (χ2v) is 5.43. The normalized spacial score (nSPS) is 10.6. The molecule has 0 aliphatic carbocycles. The van der Waals surface area contributed by atoms with Crippen molar-refractivity contribution in [3.05, 3.63) is 23.9 Å². The van der Waals surface area contributed by atoms with Crippen LogP contribution in [0.25, 0.3) is 0 Å². The Kier molecular flexibility index (Phi) is 7.65. The predicted molar refractivity (Wildman–Crippen MR) is 82.3 cm³/mol. The number of nitrogens with zero attached hydrogens (tertiary/aromatic N) is 1. The minimum absolute atomic E-state index is 0.0777. The van der Waals surface area contributed by atoms with Crippen molar-refractivity contribution >= 4 is 11.7 Å². The van der Waals surface area contributed by atoms with Gasteiger partial charge in [-0.15, -0.1) is 0 Å². The molecule has 0 aromatic carbocycles. The van der Waals surface area contributed by atoms with Crippen LogP contribution >= 0.6 is 0 Å². The highest BCUT2D eigenvalue weighted by Crippen LogP contribution is 2.09. The number of anilines is 1. The van der Waals surface area contributed by atoms with Crippen LogP contribution in [0.5, 0.6) is 0 Å². The first-order chi connectivity index (χ1) is 9.63. The van der Waals surface area contributed by atoms with E-state index in [2.05, 4.69) is 29.6 Å². The number of nitrogens with one attached hydrogen (secondary N) is 2. The maximum absolute atomic E-state index is 11.9. The van der Waals surface area contributed by atoms with E-state index < -0.39 is 0 Å². The zero-order valence-electron chi connectivity index (χ0n) is 12.5. The average Bonchev–Trinajstić information content (AvgIpc) is 2.45. The van der Waals surface area contributed by atoms with E-state index in [0.717, 1.165) is 12.3 Å². The van der Waals surface area contributed by atoms with Crippen LogP contribution in [0.2, 0.25) is 0 Å². The van der Waals surface area contributed by atoms with E-state index in [4.69, 9.17) is 5.84 Å². The molecule has 112 valence electrons. The van der Waals surface area contributed by atoms with Crippen molar-refractivity contribution in [2.75, 3.05) is 12.0 Å². The van der Waals surface area contributed by atoms with Gasteiger partial charge in [-0.3, -0.25) is 4.79 Å². The van der Waals surface area contributed by atoms with E-state index in [-0.39, 0.29) is 5.91 Å². The number of amides is 1. The number of hydrogen-bond acceptors (Lipinski definition) is 4. The molecule has 0 fully saturated rings. The molecule has 0 unspecified atom stereocenters. The summed E-state index contributed by atoms with van der Waals surface area (Å²) in [6, 6.07) is 3.32. The fourth-order valence-corrected chi connectivity index (χ4v) is 1.99. The van der Waals surface area contributed by atoms with Crippen LogP contribution in [0.1, 0.15) is 56.3 Å². The third kappa shape index (κ3) is 6.52. The molecule has 0 bridgehead atoms. The van der Waals surface area contributed by atoms with Crippen molar-refractivity contribution in [1.29, 1.82) is 0 Å². The van der Waals surface area contributed by atoms with E-state index in [9.17, 15) is 4.79 Å². The first kappa shape index (κ1) is 16.4. The highest BCUT2D eigenvalue weighted by atomic mass is 16.1. The van der Waals surface area contributed by atoms with Gasteiger partial charge in [-0.05, 0) is 24.5 Å². The second-order valence-electron chi connectivity index (χ2n) is 5.43. The van der Waals surface area contributed by atoms with Gasteiger partial charge in [0.1, 0.15) is 5.82 Å². The lowest BCUT2D eigenvalue weighted by atomic mass is 10.0. The summed E-state index contributed by atoms with van der Waals surface area (Å²) >= 11 is 0. The molecular weight excluding hydrogens is 252 g/mol. The fraction of sp³-hybridized carbons (Fsp3) is 0.600. The number of nitrogens with two attached hydrogens (primary N) is 1. The van der Waals surface area contributed by atoms with Crippen molar-refractivity contribution in [3.8, 4) is 0 Å². The van der Waals surface area contributed by atoms with Crippen LogP contribution in [-0.2, 0) is 0 Å². The molecule has 20 heavy (non-hydrogen) atoms. The van der Waals surface area contributed by atoms with Crippen molar-refractivity contribution in [3.63, 3.8) is 0 Å². The summed E-state index contributed by atoms with van der Waals surface area (Å²) in [4.78, 5) is 15.9. The van der Waals surface area contributed by atoms with Gasteiger partial charge in [-0.2, -0.15) is 0 Å². The summed E-state index contributed by atoms with van der Waals surface area (Å²) in [5, 5.41) is 2.91. The first-order valence-electron chi connectivity index (χ1n) is 7.34. The summed E-state index contributed by atoms with van der Waals surface area (Å²) < 4.78 is 0. The topological polar surface area (TPSA) is 80.0 Å². The van der Waals surface area contributed by atoms with Gasteiger partial charge in [-0.25, -0.2) is 10.8 Å². The maximum Gasteiger partial charge on any atom is 0.251 e. The smallest absolute Gasteiger partial charge is 0.251 e. The molecule has 0 radical (unpaired) electrons. The third-order valence-electron chi connectivity index (χ3n) is 3.16. The highest BCUT2D eigenvalue weighted by Gasteiger charge is 2.05. The van der Waals surface area contributed by atoms with E-state index in [1.807, 2.05) is 0 Å². The van der Waals surface area contributed by atoms with Gasteiger partial charge in [0.25, 0.3) is 5.91 Å². The highest BCUT2D eigenvalue weighted by molar-refractivity contribution is 5.94. The summed E-state index contributed by atoms with van der Waals surface area (Å²) in [5.41, 5.74) is 3.01. The quantitative estimate of drug-likeness (QED) is 0.368. The Balaban J connectivity index is 2.16. The number of rotatable bonds is 9. The fourth-order valence-electron chi connectivity index (χ4n) is 1.99. The van der Waals surface area contributed by atoms with Crippen LogP contribution < -0.4 is 16.6 Å². The Morgan fingerprint density at radius 3 is 2.75 bits per heavy atom. The third-order valence-corrected chi connectivity index (χ3v) is 3.16. The van der Waals surface area contributed by atoms with Gasteiger partial charge in [-0.1, -0.05) is 39.5 Å². The van der Waals surface area contributed by atoms with Crippen LogP contribution in [0, 0.1) is 5.92 Å². The summed E-state index contributed by atoms with van der Waals surface area (Å²) in [6.45, 7) is 5.22. The molecule has 0 aliphatic rings. The number of carbonyl (C=O) groups excluding carboxylic acids is 1. The molecule has 0 saturated heterocycles. The molecule has 5 nitrogen and oxygen atoms in total. The molecule has 0 atom stereocenters. The molecule has 1 amide bonds. The van der Waals surface area contributed by atoms with Gasteiger partial charge >= 0.3 is 0 Å². The SMILES string of the molecule is CC(C)CCCCCCNC(=O)c1ccnc(NN)c1. The van der Waals surface area contributed by atoms with E-state index in [1.165, 1.54) is 25.7 Å². The molecule has 0 spiro atoms. The van der Waals surface area contributed by atoms with Crippen LogP contribution in [-0.4, -0.2) is 17.4 Å². The Morgan fingerprint density at radius 2 is 2.05 bits per heavy atom.